The van der Waals surface area contributed by atoms with Crippen molar-refractivity contribution in [3.63, 3.8) is 0 Å². The van der Waals surface area contributed by atoms with Crippen LogP contribution < -0.4 is 5.32 Å². The van der Waals surface area contributed by atoms with Gasteiger partial charge >= 0.3 is 5.97 Å². The summed E-state index contributed by atoms with van der Waals surface area (Å²) in [6.07, 6.45) is 2.44. The van der Waals surface area contributed by atoms with E-state index in [4.69, 9.17) is 9.47 Å². The summed E-state index contributed by atoms with van der Waals surface area (Å²) in [6.45, 7) is 1.89. The molecule has 0 bridgehead atoms. The summed E-state index contributed by atoms with van der Waals surface area (Å²) in [6, 6.07) is 9.14. The Morgan fingerprint density at radius 2 is 2.15 bits per heavy atom. The Bertz CT molecular complexity index is 1200. The van der Waals surface area contributed by atoms with Crippen molar-refractivity contribution in [3.05, 3.63) is 70.9 Å². The van der Waals surface area contributed by atoms with Crippen molar-refractivity contribution in [2.75, 3.05) is 13.2 Å². The van der Waals surface area contributed by atoms with Crippen molar-refractivity contribution < 1.29 is 28.2 Å². The standard InChI is InChI=1S/C24H22FN3O5/c1-14(30)33-22-13-32-8-7-20(22)28-24(31)21-10-16(9-15-5-6-17(12-29)26-11-15)18-3-2-4-19(25)23(18)27-21/h2-6,10-12,20,22H,7-9,13H2,1H3,(H,28,31)/t20-,22-/m0/s1. The first-order valence-corrected chi connectivity index (χ1v) is 10.5. The molecule has 3 aromatic rings. The van der Waals surface area contributed by atoms with Crippen LogP contribution in [0, 0.1) is 5.82 Å². The topological polar surface area (TPSA) is 107 Å². The molecule has 1 N–H and O–H groups in total. The second-order valence-corrected chi connectivity index (χ2v) is 7.78. The van der Waals surface area contributed by atoms with E-state index >= 15 is 0 Å². The lowest BCUT2D eigenvalue weighted by atomic mass is 10.00. The maximum absolute atomic E-state index is 14.6. The number of aromatic nitrogens is 2. The van der Waals surface area contributed by atoms with E-state index in [0.717, 1.165) is 5.56 Å². The minimum atomic E-state index is -0.612. The van der Waals surface area contributed by atoms with Crippen LogP contribution in [0.15, 0.2) is 42.6 Å². The van der Waals surface area contributed by atoms with E-state index in [-0.39, 0.29) is 17.8 Å². The molecule has 0 aliphatic carbocycles. The van der Waals surface area contributed by atoms with Gasteiger partial charge in [-0.1, -0.05) is 18.2 Å². The van der Waals surface area contributed by atoms with Crippen molar-refractivity contribution in [1.82, 2.24) is 15.3 Å². The predicted molar refractivity (Wildman–Crippen MR) is 116 cm³/mol. The lowest BCUT2D eigenvalue weighted by Crippen LogP contribution is -2.50. The maximum atomic E-state index is 14.6. The zero-order valence-corrected chi connectivity index (χ0v) is 17.9. The smallest absolute Gasteiger partial charge is 0.303 e. The molecule has 3 heterocycles. The molecular formula is C24H22FN3O5. The predicted octanol–water partition coefficient (Wildman–Crippen LogP) is 2.62. The fourth-order valence-corrected chi connectivity index (χ4v) is 3.82. The third-order valence-corrected chi connectivity index (χ3v) is 5.41. The Morgan fingerprint density at radius 3 is 2.88 bits per heavy atom. The molecule has 0 unspecified atom stereocenters. The zero-order chi connectivity index (χ0) is 23.4. The number of rotatable bonds is 6. The van der Waals surface area contributed by atoms with E-state index in [0.29, 0.717) is 42.4 Å². The Labute approximate surface area is 189 Å². The number of benzene rings is 1. The molecule has 33 heavy (non-hydrogen) atoms. The monoisotopic (exact) mass is 451 g/mol. The molecule has 1 aliphatic heterocycles. The number of hydrogen-bond acceptors (Lipinski definition) is 7. The minimum absolute atomic E-state index is 0.0492. The first-order valence-electron chi connectivity index (χ1n) is 10.5. The van der Waals surface area contributed by atoms with Gasteiger partial charge in [-0.05, 0) is 42.2 Å². The van der Waals surface area contributed by atoms with Gasteiger partial charge in [-0.25, -0.2) is 9.37 Å². The van der Waals surface area contributed by atoms with E-state index in [9.17, 15) is 18.8 Å². The van der Waals surface area contributed by atoms with Crippen LogP contribution in [0.2, 0.25) is 0 Å². The molecule has 1 amide bonds. The summed E-state index contributed by atoms with van der Waals surface area (Å²) >= 11 is 0. The molecule has 0 radical (unpaired) electrons. The van der Waals surface area contributed by atoms with Crippen molar-refractivity contribution in [2.24, 2.45) is 0 Å². The molecule has 1 aromatic carbocycles. The van der Waals surface area contributed by atoms with Gasteiger partial charge in [-0.15, -0.1) is 0 Å². The third-order valence-electron chi connectivity index (χ3n) is 5.41. The highest BCUT2D eigenvalue weighted by Gasteiger charge is 2.30. The SMILES string of the molecule is CC(=O)O[C@H]1COCC[C@@H]1NC(=O)c1cc(Cc2ccc(C=O)nc2)c2cccc(F)c2n1. The highest BCUT2D eigenvalue weighted by Crippen LogP contribution is 2.24. The van der Waals surface area contributed by atoms with Gasteiger partial charge in [-0.3, -0.25) is 19.4 Å². The summed E-state index contributed by atoms with van der Waals surface area (Å²) in [7, 11) is 0. The number of fused-ring (bicyclic) bond motifs is 1. The van der Waals surface area contributed by atoms with Crippen LogP contribution in [-0.2, 0) is 20.7 Å². The van der Waals surface area contributed by atoms with Gasteiger partial charge < -0.3 is 14.8 Å². The van der Waals surface area contributed by atoms with Crippen LogP contribution in [-0.4, -0.2) is 53.5 Å². The summed E-state index contributed by atoms with van der Waals surface area (Å²) in [5.41, 5.74) is 1.93. The van der Waals surface area contributed by atoms with Crippen molar-refractivity contribution >= 4 is 29.1 Å². The average Bonchev–Trinajstić information content (AvgIpc) is 2.81. The second kappa shape index (κ2) is 9.83. The van der Waals surface area contributed by atoms with E-state index in [2.05, 4.69) is 15.3 Å². The molecule has 170 valence electrons. The van der Waals surface area contributed by atoms with Gasteiger partial charge in [0, 0.05) is 25.1 Å². The van der Waals surface area contributed by atoms with Gasteiger partial charge in [-0.2, -0.15) is 0 Å². The Balaban J connectivity index is 1.65. The summed E-state index contributed by atoms with van der Waals surface area (Å²) in [5, 5.41) is 3.43. The van der Waals surface area contributed by atoms with E-state index in [1.165, 1.54) is 13.0 Å². The van der Waals surface area contributed by atoms with E-state index in [1.807, 2.05) is 0 Å². The molecular weight excluding hydrogens is 429 g/mol. The number of ether oxygens (including phenoxy) is 2. The van der Waals surface area contributed by atoms with Crippen LogP contribution in [0.3, 0.4) is 0 Å². The van der Waals surface area contributed by atoms with Crippen LogP contribution in [0.4, 0.5) is 4.39 Å². The van der Waals surface area contributed by atoms with Gasteiger partial charge in [0.15, 0.2) is 6.29 Å². The molecule has 2 aromatic heterocycles. The summed E-state index contributed by atoms with van der Waals surface area (Å²) in [5.74, 6) is -1.51. The molecule has 9 heteroatoms. The summed E-state index contributed by atoms with van der Waals surface area (Å²) < 4.78 is 25.2. The number of halogens is 1. The summed E-state index contributed by atoms with van der Waals surface area (Å²) in [4.78, 5) is 43.6. The molecule has 1 saturated heterocycles. The van der Waals surface area contributed by atoms with Crippen LogP contribution in [0.25, 0.3) is 10.9 Å². The number of carbonyl (C=O) groups excluding carboxylic acids is 3. The number of aldehydes is 1. The number of amides is 1. The highest BCUT2D eigenvalue weighted by molar-refractivity contribution is 5.96. The largest absolute Gasteiger partial charge is 0.458 e. The normalized spacial score (nSPS) is 18.0. The first-order chi connectivity index (χ1) is 15.9. The Kier molecular flexibility index (Phi) is 6.69. The first kappa shape index (κ1) is 22.5. The molecule has 8 nitrogen and oxygen atoms in total. The number of hydrogen-bond donors (Lipinski definition) is 1. The van der Waals surface area contributed by atoms with Gasteiger partial charge in [0.05, 0.1) is 12.6 Å². The lowest BCUT2D eigenvalue weighted by Gasteiger charge is -2.31. The van der Waals surface area contributed by atoms with Gasteiger partial charge in [0.1, 0.15) is 28.8 Å². The van der Waals surface area contributed by atoms with Crippen molar-refractivity contribution in [1.29, 1.82) is 0 Å². The minimum Gasteiger partial charge on any atom is -0.458 e. The molecule has 1 aliphatic rings. The number of pyridine rings is 2. The molecule has 1 fully saturated rings. The Morgan fingerprint density at radius 1 is 1.30 bits per heavy atom. The number of nitrogens with zero attached hydrogens (tertiary/aromatic N) is 2. The van der Waals surface area contributed by atoms with Crippen LogP contribution in [0.5, 0.6) is 0 Å². The fraction of sp³-hybridized carbons (Fsp3) is 0.292. The van der Waals surface area contributed by atoms with Crippen molar-refractivity contribution in [3.8, 4) is 0 Å². The Hall–Kier alpha value is -3.72. The average molecular weight is 451 g/mol. The third kappa shape index (κ3) is 5.20. The number of esters is 1. The number of para-hydroxylation sites is 1. The molecule has 2 atom stereocenters. The molecule has 0 spiro atoms. The lowest BCUT2D eigenvalue weighted by molar-refractivity contribution is -0.154. The number of carbonyl (C=O) groups is 3. The van der Waals surface area contributed by atoms with Crippen molar-refractivity contribution in [2.45, 2.75) is 31.9 Å². The fourth-order valence-electron chi connectivity index (χ4n) is 3.82. The molecule has 0 saturated carbocycles. The van der Waals surface area contributed by atoms with E-state index < -0.39 is 29.8 Å². The molecule has 4 rings (SSSR count). The second-order valence-electron chi connectivity index (χ2n) is 7.78. The van der Waals surface area contributed by atoms with E-state index in [1.54, 1.807) is 36.5 Å². The van der Waals surface area contributed by atoms with Crippen LogP contribution in [0.1, 0.15) is 45.4 Å². The number of nitrogens with one attached hydrogen (secondary N) is 1. The van der Waals surface area contributed by atoms with Gasteiger partial charge in [0.2, 0.25) is 0 Å². The van der Waals surface area contributed by atoms with Gasteiger partial charge in [0.25, 0.3) is 5.91 Å². The quantitative estimate of drug-likeness (QED) is 0.453. The maximum Gasteiger partial charge on any atom is 0.303 e. The highest BCUT2D eigenvalue weighted by atomic mass is 19.1. The van der Waals surface area contributed by atoms with Crippen LogP contribution >= 0.6 is 0 Å². The zero-order valence-electron chi connectivity index (χ0n) is 17.9.